The van der Waals surface area contributed by atoms with Crippen LogP contribution in [0.1, 0.15) is 26.8 Å². The van der Waals surface area contributed by atoms with Crippen LogP contribution in [-0.2, 0) is 9.84 Å². The minimum atomic E-state index is -3.27. The third-order valence-electron chi connectivity index (χ3n) is 3.49. The molecule has 1 unspecified atom stereocenters. The Morgan fingerprint density at radius 3 is 2.42 bits per heavy atom. The molecule has 0 spiro atoms. The van der Waals surface area contributed by atoms with E-state index in [1.165, 1.54) is 6.26 Å². The summed E-state index contributed by atoms with van der Waals surface area (Å²) >= 11 is 5.34. The number of nitrogens with zero attached hydrogens (tertiary/aromatic N) is 1. The molecular weight excluding hydrogens is 280 g/mol. The lowest BCUT2D eigenvalue weighted by atomic mass is 10.1. The van der Waals surface area contributed by atoms with Gasteiger partial charge in [-0.15, -0.1) is 0 Å². The quantitative estimate of drug-likeness (QED) is 0.884. The van der Waals surface area contributed by atoms with Gasteiger partial charge in [0.1, 0.15) is 0 Å². The maximum absolute atomic E-state index is 11.8. The number of sulfone groups is 1. The van der Waals surface area contributed by atoms with Gasteiger partial charge in [-0.3, -0.25) is 0 Å². The molecule has 0 radical (unpaired) electrons. The Morgan fingerprint density at radius 2 is 1.89 bits per heavy atom. The van der Waals surface area contributed by atoms with E-state index in [2.05, 4.69) is 25.8 Å². The van der Waals surface area contributed by atoms with E-state index in [-0.39, 0.29) is 6.04 Å². The minimum Gasteiger partial charge on any atom is -0.329 e. The molecule has 4 nitrogen and oxygen atoms in total. The van der Waals surface area contributed by atoms with Crippen molar-refractivity contribution in [2.75, 3.05) is 6.26 Å². The number of nitrogens with one attached hydrogen (secondary N) is 1. The standard InChI is InChI=1S/C13H18N2O2S2/c1-8(2)9(3)15-10-6-5-7-11(19(4,16)17)12(10)14-13(15)18/h5-9H,1-4H3,(H,14,18). The fourth-order valence-corrected chi connectivity index (χ4v) is 3.35. The lowest BCUT2D eigenvalue weighted by molar-refractivity contribution is 0.413. The average molecular weight is 298 g/mol. The van der Waals surface area contributed by atoms with Gasteiger partial charge in [-0.1, -0.05) is 19.9 Å². The smallest absolute Gasteiger partial charge is 0.178 e. The van der Waals surface area contributed by atoms with E-state index in [0.717, 1.165) is 5.52 Å². The number of H-pyrrole nitrogens is 1. The Labute approximate surface area is 118 Å². The van der Waals surface area contributed by atoms with Crippen molar-refractivity contribution >= 4 is 33.1 Å². The van der Waals surface area contributed by atoms with Crippen molar-refractivity contribution in [1.82, 2.24) is 9.55 Å². The largest absolute Gasteiger partial charge is 0.329 e. The Morgan fingerprint density at radius 1 is 1.26 bits per heavy atom. The van der Waals surface area contributed by atoms with Crippen molar-refractivity contribution < 1.29 is 8.42 Å². The molecule has 1 heterocycles. The van der Waals surface area contributed by atoms with E-state index in [1.54, 1.807) is 12.1 Å². The average Bonchev–Trinajstić information content (AvgIpc) is 2.61. The van der Waals surface area contributed by atoms with E-state index in [1.807, 2.05) is 10.6 Å². The molecule has 0 saturated heterocycles. The SMILES string of the molecule is CC(C)C(C)n1c(=S)[nH]c2c(S(C)(=O)=O)cccc21. The van der Waals surface area contributed by atoms with E-state index in [0.29, 0.717) is 21.1 Å². The Balaban J connectivity index is 2.85. The summed E-state index contributed by atoms with van der Waals surface area (Å²) in [5, 5.41) is 0. The van der Waals surface area contributed by atoms with Crippen molar-refractivity contribution in [1.29, 1.82) is 0 Å². The Bertz CT molecular complexity index is 770. The summed E-state index contributed by atoms with van der Waals surface area (Å²) in [5.41, 5.74) is 1.44. The van der Waals surface area contributed by atoms with Crippen LogP contribution >= 0.6 is 12.2 Å². The summed E-state index contributed by atoms with van der Waals surface area (Å²) in [4.78, 5) is 3.33. The van der Waals surface area contributed by atoms with Gasteiger partial charge in [0.05, 0.1) is 15.9 Å². The number of aromatic amines is 1. The second kappa shape index (κ2) is 4.76. The van der Waals surface area contributed by atoms with Gasteiger partial charge in [-0.05, 0) is 37.2 Å². The molecule has 6 heteroatoms. The van der Waals surface area contributed by atoms with Crippen LogP contribution in [0.3, 0.4) is 0 Å². The molecule has 1 N–H and O–H groups in total. The number of aromatic nitrogens is 2. The Hall–Kier alpha value is -1.14. The minimum absolute atomic E-state index is 0.205. The van der Waals surface area contributed by atoms with Gasteiger partial charge in [0.15, 0.2) is 14.6 Å². The molecule has 0 aliphatic carbocycles. The summed E-state index contributed by atoms with van der Waals surface area (Å²) in [6, 6.07) is 5.46. The van der Waals surface area contributed by atoms with Crippen LogP contribution in [0.4, 0.5) is 0 Å². The van der Waals surface area contributed by atoms with Crippen LogP contribution in [0.2, 0.25) is 0 Å². The molecule has 2 aromatic rings. The summed E-state index contributed by atoms with van der Waals surface area (Å²) in [6.45, 7) is 6.32. The van der Waals surface area contributed by atoms with Gasteiger partial charge in [-0.25, -0.2) is 8.42 Å². The van der Waals surface area contributed by atoms with Crippen molar-refractivity contribution in [2.24, 2.45) is 5.92 Å². The molecule has 2 rings (SSSR count). The summed E-state index contributed by atoms with van der Waals surface area (Å²) in [6.07, 6.45) is 1.21. The zero-order valence-corrected chi connectivity index (χ0v) is 13.1. The second-order valence-electron chi connectivity index (χ2n) is 5.21. The molecule has 0 aliphatic rings. The van der Waals surface area contributed by atoms with Crippen LogP contribution in [0.25, 0.3) is 11.0 Å². The van der Waals surface area contributed by atoms with Gasteiger partial charge in [0.2, 0.25) is 0 Å². The van der Waals surface area contributed by atoms with Gasteiger partial charge in [0.25, 0.3) is 0 Å². The first-order chi connectivity index (χ1) is 8.73. The van der Waals surface area contributed by atoms with Crippen LogP contribution in [0.15, 0.2) is 23.1 Å². The van der Waals surface area contributed by atoms with E-state index < -0.39 is 9.84 Å². The van der Waals surface area contributed by atoms with Crippen molar-refractivity contribution in [3.63, 3.8) is 0 Å². The number of benzene rings is 1. The summed E-state index contributed by atoms with van der Waals surface area (Å²) in [5.74, 6) is 0.410. The van der Waals surface area contributed by atoms with E-state index in [4.69, 9.17) is 12.2 Å². The number of fused-ring (bicyclic) bond motifs is 1. The van der Waals surface area contributed by atoms with Crippen molar-refractivity contribution in [3.8, 4) is 0 Å². The van der Waals surface area contributed by atoms with Gasteiger partial charge < -0.3 is 9.55 Å². The van der Waals surface area contributed by atoms with Crippen molar-refractivity contribution in [2.45, 2.75) is 31.7 Å². The molecule has 1 aromatic carbocycles. The summed E-state index contributed by atoms with van der Waals surface area (Å²) < 4.78 is 26.2. The monoisotopic (exact) mass is 298 g/mol. The van der Waals surface area contributed by atoms with Crippen LogP contribution in [-0.4, -0.2) is 24.2 Å². The number of hydrogen-bond acceptors (Lipinski definition) is 3. The van der Waals surface area contributed by atoms with Crippen LogP contribution < -0.4 is 0 Å². The van der Waals surface area contributed by atoms with Crippen LogP contribution in [0.5, 0.6) is 0 Å². The Kier molecular flexibility index (Phi) is 3.57. The number of imidazole rings is 1. The lowest BCUT2D eigenvalue weighted by Gasteiger charge is -2.18. The summed E-state index contributed by atoms with van der Waals surface area (Å²) in [7, 11) is -3.27. The van der Waals surface area contributed by atoms with E-state index in [9.17, 15) is 8.42 Å². The highest BCUT2D eigenvalue weighted by molar-refractivity contribution is 7.91. The van der Waals surface area contributed by atoms with Gasteiger partial charge >= 0.3 is 0 Å². The fourth-order valence-electron chi connectivity index (χ4n) is 2.13. The zero-order chi connectivity index (χ0) is 14.4. The van der Waals surface area contributed by atoms with Crippen molar-refractivity contribution in [3.05, 3.63) is 23.0 Å². The first-order valence-corrected chi connectivity index (χ1v) is 8.46. The lowest BCUT2D eigenvalue weighted by Crippen LogP contribution is -2.11. The molecule has 0 amide bonds. The zero-order valence-electron chi connectivity index (χ0n) is 11.5. The molecule has 0 aliphatic heterocycles. The van der Waals surface area contributed by atoms with E-state index >= 15 is 0 Å². The normalized spacial score (nSPS) is 14.2. The molecule has 1 atom stereocenters. The second-order valence-corrected chi connectivity index (χ2v) is 7.58. The molecule has 1 aromatic heterocycles. The highest BCUT2D eigenvalue weighted by Crippen LogP contribution is 2.27. The molecule has 0 fully saturated rings. The van der Waals surface area contributed by atoms with Gasteiger partial charge in [-0.2, -0.15) is 0 Å². The fraction of sp³-hybridized carbons (Fsp3) is 0.462. The highest BCUT2D eigenvalue weighted by Gasteiger charge is 2.19. The maximum Gasteiger partial charge on any atom is 0.178 e. The van der Waals surface area contributed by atoms with Gasteiger partial charge in [0, 0.05) is 12.3 Å². The maximum atomic E-state index is 11.8. The highest BCUT2D eigenvalue weighted by atomic mass is 32.2. The predicted octanol–water partition coefficient (Wildman–Crippen LogP) is 3.32. The number of hydrogen-bond donors (Lipinski definition) is 1. The molecule has 104 valence electrons. The molecule has 0 saturated carbocycles. The molecular formula is C13H18N2O2S2. The van der Waals surface area contributed by atoms with Crippen LogP contribution in [0, 0.1) is 10.7 Å². The molecule has 19 heavy (non-hydrogen) atoms. The predicted molar refractivity (Wildman–Crippen MR) is 79.8 cm³/mol. The first kappa shape index (κ1) is 14.3. The first-order valence-electron chi connectivity index (χ1n) is 6.16. The third kappa shape index (κ3) is 2.47. The third-order valence-corrected chi connectivity index (χ3v) is 4.92. The molecule has 0 bridgehead atoms. The topological polar surface area (TPSA) is 54.9 Å². The number of rotatable bonds is 3. The number of para-hydroxylation sites is 1.